The summed E-state index contributed by atoms with van der Waals surface area (Å²) in [6.45, 7) is 1.65. The van der Waals surface area contributed by atoms with Crippen LogP contribution >= 0.6 is 15.9 Å². The molecule has 21 heavy (non-hydrogen) atoms. The Morgan fingerprint density at radius 2 is 1.57 bits per heavy atom. The van der Waals surface area contributed by atoms with Gasteiger partial charge in [-0.3, -0.25) is 0 Å². The Kier molecular flexibility index (Phi) is 4.30. The fourth-order valence-corrected chi connectivity index (χ4v) is 2.33. The van der Waals surface area contributed by atoms with Gasteiger partial charge in [0.2, 0.25) is 0 Å². The predicted octanol–water partition coefficient (Wildman–Crippen LogP) is 4.57. The number of halogens is 4. The van der Waals surface area contributed by atoms with Crippen molar-refractivity contribution in [3.8, 4) is 5.75 Å². The zero-order valence-corrected chi connectivity index (χ0v) is 12.7. The van der Waals surface area contributed by atoms with Crippen molar-refractivity contribution in [2.24, 2.45) is 5.73 Å². The number of hydrogen-bond acceptors (Lipinski definition) is 2. The van der Waals surface area contributed by atoms with Gasteiger partial charge in [-0.25, -0.2) is 0 Å². The van der Waals surface area contributed by atoms with Crippen molar-refractivity contribution < 1.29 is 17.9 Å². The minimum Gasteiger partial charge on any atom is -0.405 e. The summed E-state index contributed by atoms with van der Waals surface area (Å²) in [6, 6.07) is 13.0. The molecule has 0 saturated heterocycles. The van der Waals surface area contributed by atoms with E-state index >= 15 is 0 Å². The van der Waals surface area contributed by atoms with Crippen LogP contribution in [-0.4, -0.2) is 6.36 Å². The Morgan fingerprint density at radius 1 is 1.00 bits per heavy atom. The number of alkyl halides is 3. The summed E-state index contributed by atoms with van der Waals surface area (Å²) in [4.78, 5) is 0. The maximum absolute atomic E-state index is 12.5. The maximum atomic E-state index is 12.5. The topological polar surface area (TPSA) is 35.2 Å². The van der Waals surface area contributed by atoms with Crippen molar-refractivity contribution in [1.82, 2.24) is 0 Å². The third-order valence-electron chi connectivity index (χ3n) is 3.12. The van der Waals surface area contributed by atoms with E-state index in [1.807, 2.05) is 0 Å². The molecule has 0 heterocycles. The smallest absolute Gasteiger partial charge is 0.405 e. The highest BCUT2D eigenvalue weighted by Gasteiger charge is 2.35. The third kappa shape index (κ3) is 3.77. The molecular formula is C15H13BrF3NO. The fourth-order valence-electron chi connectivity index (χ4n) is 2.06. The molecule has 0 fully saturated rings. The van der Waals surface area contributed by atoms with E-state index in [9.17, 15) is 13.2 Å². The van der Waals surface area contributed by atoms with E-state index in [1.165, 1.54) is 18.2 Å². The van der Waals surface area contributed by atoms with Crippen LogP contribution in [0.4, 0.5) is 13.2 Å². The van der Waals surface area contributed by atoms with E-state index in [2.05, 4.69) is 20.7 Å². The average molecular weight is 360 g/mol. The summed E-state index contributed by atoms with van der Waals surface area (Å²) < 4.78 is 42.4. The van der Waals surface area contributed by atoms with Gasteiger partial charge in [-0.05, 0) is 30.7 Å². The molecule has 0 saturated carbocycles. The summed E-state index contributed by atoms with van der Waals surface area (Å²) in [5.41, 5.74) is 6.11. The monoisotopic (exact) mass is 359 g/mol. The van der Waals surface area contributed by atoms with Crippen molar-refractivity contribution in [2.45, 2.75) is 18.8 Å². The molecule has 1 unspecified atom stereocenters. The molecule has 0 bridgehead atoms. The van der Waals surface area contributed by atoms with Crippen LogP contribution in [0.3, 0.4) is 0 Å². The van der Waals surface area contributed by atoms with Crippen LogP contribution in [0.1, 0.15) is 18.1 Å². The first kappa shape index (κ1) is 15.9. The highest BCUT2D eigenvalue weighted by atomic mass is 79.9. The van der Waals surface area contributed by atoms with Gasteiger partial charge >= 0.3 is 6.36 Å². The summed E-state index contributed by atoms with van der Waals surface area (Å²) in [7, 11) is 0. The maximum Gasteiger partial charge on any atom is 0.573 e. The first-order valence-electron chi connectivity index (χ1n) is 6.10. The van der Waals surface area contributed by atoms with Crippen LogP contribution in [0.5, 0.6) is 5.75 Å². The molecule has 0 aromatic heterocycles. The summed E-state index contributed by atoms with van der Waals surface area (Å²) >= 11 is 3.31. The third-order valence-corrected chi connectivity index (χ3v) is 3.64. The lowest BCUT2D eigenvalue weighted by Crippen LogP contribution is -2.35. The minimum absolute atomic E-state index is 0.268. The molecule has 2 rings (SSSR count). The molecule has 0 radical (unpaired) electrons. The van der Waals surface area contributed by atoms with Gasteiger partial charge in [-0.15, -0.1) is 13.2 Å². The van der Waals surface area contributed by atoms with Gasteiger partial charge in [0.1, 0.15) is 5.75 Å². The standard InChI is InChI=1S/C15H13BrF3NO/c1-14(20,10-6-8-11(16)9-7-10)12-4-2-3-5-13(12)21-15(17,18)19/h2-9H,20H2,1H3. The molecule has 1 atom stereocenters. The summed E-state index contributed by atoms with van der Waals surface area (Å²) in [5.74, 6) is -0.294. The summed E-state index contributed by atoms with van der Waals surface area (Å²) in [5, 5.41) is 0. The Hall–Kier alpha value is -1.53. The van der Waals surface area contributed by atoms with Crippen LogP contribution < -0.4 is 10.5 Å². The first-order chi connectivity index (χ1) is 9.70. The lowest BCUT2D eigenvalue weighted by atomic mass is 9.85. The second kappa shape index (κ2) is 5.69. The summed E-state index contributed by atoms with van der Waals surface area (Å²) in [6.07, 6.45) is -4.76. The van der Waals surface area contributed by atoms with Crippen LogP contribution in [-0.2, 0) is 5.54 Å². The molecule has 2 nitrogen and oxygen atoms in total. The molecule has 0 amide bonds. The van der Waals surface area contributed by atoms with E-state index < -0.39 is 11.9 Å². The van der Waals surface area contributed by atoms with Gasteiger partial charge in [-0.2, -0.15) is 0 Å². The number of ether oxygens (including phenoxy) is 1. The molecule has 2 aromatic carbocycles. The van der Waals surface area contributed by atoms with Gasteiger partial charge in [-0.1, -0.05) is 46.3 Å². The highest BCUT2D eigenvalue weighted by molar-refractivity contribution is 9.10. The number of para-hydroxylation sites is 1. The largest absolute Gasteiger partial charge is 0.573 e. The number of rotatable bonds is 3. The molecule has 0 aliphatic rings. The Morgan fingerprint density at radius 3 is 2.14 bits per heavy atom. The number of hydrogen-bond donors (Lipinski definition) is 1. The molecule has 112 valence electrons. The minimum atomic E-state index is -4.76. The first-order valence-corrected chi connectivity index (χ1v) is 6.89. The van der Waals surface area contributed by atoms with Gasteiger partial charge < -0.3 is 10.5 Å². The number of nitrogens with two attached hydrogens (primary N) is 1. The zero-order valence-electron chi connectivity index (χ0n) is 11.1. The normalized spacial score (nSPS) is 14.6. The van der Waals surface area contributed by atoms with E-state index in [0.29, 0.717) is 5.56 Å². The number of benzene rings is 2. The second-order valence-corrected chi connectivity index (χ2v) is 5.67. The van der Waals surface area contributed by atoms with E-state index in [0.717, 1.165) is 4.47 Å². The van der Waals surface area contributed by atoms with Crippen LogP contribution in [0.15, 0.2) is 53.0 Å². The Balaban J connectivity index is 2.47. The van der Waals surface area contributed by atoms with Crippen LogP contribution in [0.25, 0.3) is 0 Å². The second-order valence-electron chi connectivity index (χ2n) is 4.75. The lowest BCUT2D eigenvalue weighted by Gasteiger charge is -2.28. The van der Waals surface area contributed by atoms with Gasteiger partial charge in [0.15, 0.2) is 0 Å². The van der Waals surface area contributed by atoms with Crippen LogP contribution in [0.2, 0.25) is 0 Å². The fraction of sp³-hybridized carbons (Fsp3) is 0.200. The molecule has 6 heteroatoms. The van der Waals surface area contributed by atoms with Gasteiger partial charge in [0.05, 0.1) is 5.54 Å². The SMILES string of the molecule is CC(N)(c1ccc(Br)cc1)c1ccccc1OC(F)(F)F. The van der Waals surface area contributed by atoms with Crippen molar-refractivity contribution in [3.05, 3.63) is 64.1 Å². The molecule has 0 aliphatic heterocycles. The zero-order chi connectivity index (χ0) is 15.7. The average Bonchev–Trinajstić information content (AvgIpc) is 2.37. The Labute approximate surface area is 128 Å². The van der Waals surface area contributed by atoms with E-state index in [1.54, 1.807) is 37.3 Å². The molecule has 2 N–H and O–H groups in total. The lowest BCUT2D eigenvalue weighted by molar-refractivity contribution is -0.275. The van der Waals surface area contributed by atoms with E-state index in [-0.39, 0.29) is 11.3 Å². The molecular weight excluding hydrogens is 347 g/mol. The molecule has 0 spiro atoms. The van der Waals surface area contributed by atoms with Crippen LogP contribution in [0, 0.1) is 0 Å². The van der Waals surface area contributed by atoms with Gasteiger partial charge in [0, 0.05) is 10.0 Å². The van der Waals surface area contributed by atoms with Crippen molar-refractivity contribution in [1.29, 1.82) is 0 Å². The quantitative estimate of drug-likeness (QED) is 0.870. The van der Waals surface area contributed by atoms with Crippen molar-refractivity contribution >= 4 is 15.9 Å². The van der Waals surface area contributed by atoms with Gasteiger partial charge in [0.25, 0.3) is 0 Å². The molecule has 2 aromatic rings. The predicted molar refractivity (Wildman–Crippen MR) is 77.9 cm³/mol. The van der Waals surface area contributed by atoms with Crippen molar-refractivity contribution in [2.75, 3.05) is 0 Å². The van der Waals surface area contributed by atoms with E-state index in [4.69, 9.17) is 5.73 Å². The Bertz CT molecular complexity index is 624. The van der Waals surface area contributed by atoms with Crippen molar-refractivity contribution in [3.63, 3.8) is 0 Å². The highest BCUT2D eigenvalue weighted by Crippen LogP contribution is 2.36. The molecule has 0 aliphatic carbocycles.